The lowest BCUT2D eigenvalue weighted by atomic mass is 10.2. The molecular formula is C19H15F2N3O2S2. The van der Waals surface area contributed by atoms with Crippen molar-refractivity contribution >= 4 is 40.0 Å². The first-order valence-corrected chi connectivity index (χ1v) is 10.2. The Morgan fingerprint density at radius 1 is 1.11 bits per heavy atom. The van der Waals surface area contributed by atoms with E-state index in [0.29, 0.717) is 5.13 Å². The average Bonchev–Trinajstić information content (AvgIpc) is 3.16. The summed E-state index contributed by atoms with van der Waals surface area (Å²) in [4.78, 5) is 29.4. The van der Waals surface area contributed by atoms with Gasteiger partial charge in [0.05, 0.1) is 12.2 Å². The summed E-state index contributed by atoms with van der Waals surface area (Å²) in [5.74, 6) is -3.33. The topological polar surface area (TPSA) is 71.1 Å². The third-order valence-electron chi connectivity index (χ3n) is 3.73. The van der Waals surface area contributed by atoms with Crippen LogP contribution in [0.2, 0.25) is 0 Å². The summed E-state index contributed by atoms with van der Waals surface area (Å²) in [5, 5.41) is 7.17. The summed E-state index contributed by atoms with van der Waals surface area (Å²) in [5.41, 5.74) is 1.59. The Kier molecular flexibility index (Phi) is 6.37. The van der Waals surface area contributed by atoms with Crippen LogP contribution in [0.1, 0.15) is 10.4 Å². The number of aromatic nitrogens is 1. The molecule has 5 nitrogen and oxygen atoms in total. The average molecular weight is 419 g/mol. The maximum absolute atomic E-state index is 13.2. The zero-order valence-electron chi connectivity index (χ0n) is 14.7. The number of rotatable bonds is 6. The van der Waals surface area contributed by atoms with E-state index >= 15 is 0 Å². The third kappa shape index (κ3) is 4.93. The molecule has 2 N–H and O–H groups in total. The number of hydrogen-bond acceptors (Lipinski definition) is 5. The second-order valence-electron chi connectivity index (χ2n) is 5.63. The number of carbonyl (C=O) groups is 2. The molecule has 0 fully saturated rings. The molecule has 3 rings (SSSR count). The van der Waals surface area contributed by atoms with E-state index in [2.05, 4.69) is 15.6 Å². The first-order chi connectivity index (χ1) is 13.5. The van der Waals surface area contributed by atoms with Crippen LogP contribution in [0.15, 0.2) is 52.7 Å². The molecule has 0 unspecified atom stereocenters. The summed E-state index contributed by atoms with van der Waals surface area (Å²) in [6.07, 6.45) is 2.00. The Labute approximate surface area is 168 Å². The highest BCUT2D eigenvalue weighted by atomic mass is 32.2. The molecule has 0 atom stereocenters. The number of carbonyl (C=O) groups excluding carboxylic acids is 2. The molecule has 0 aliphatic heterocycles. The molecule has 3 aromatic rings. The number of hydrogen-bond donors (Lipinski definition) is 2. The summed E-state index contributed by atoms with van der Waals surface area (Å²) < 4.78 is 26.1. The summed E-state index contributed by atoms with van der Waals surface area (Å²) in [6, 6.07) is 10.7. The van der Waals surface area contributed by atoms with Crippen LogP contribution < -0.4 is 10.6 Å². The molecule has 9 heteroatoms. The Morgan fingerprint density at radius 2 is 1.86 bits per heavy atom. The van der Waals surface area contributed by atoms with Gasteiger partial charge in [0.1, 0.15) is 0 Å². The van der Waals surface area contributed by atoms with Gasteiger partial charge in [0.15, 0.2) is 16.8 Å². The highest BCUT2D eigenvalue weighted by Gasteiger charge is 2.12. The lowest BCUT2D eigenvalue weighted by molar-refractivity contribution is -0.115. The second-order valence-corrected chi connectivity index (χ2v) is 7.36. The highest BCUT2D eigenvalue weighted by Crippen LogP contribution is 2.26. The van der Waals surface area contributed by atoms with E-state index < -0.39 is 23.4 Å². The number of anilines is 1. The van der Waals surface area contributed by atoms with E-state index in [1.807, 2.05) is 35.9 Å². The van der Waals surface area contributed by atoms with Crippen LogP contribution in [0.25, 0.3) is 11.3 Å². The molecule has 0 saturated heterocycles. The molecule has 0 bridgehead atoms. The third-order valence-corrected chi connectivity index (χ3v) is 5.23. The van der Waals surface area contributed by atoms with E-state index in [1.165, 1.54) is 11.3 Å². The van der Waals surface area contributed by atoms with Crippen molar-refractivity contribution in [3.63, 3.8) is 0 Å². The quantitative estimate of drug-likeness (QED) is 0.588. The van der Waals surface area contributed by atoms with Crippen molar-refractivity contribution in [3.05, 3.63) is 65.0 Å². The molecule has 0 aliphatic rings. The standard InChI is InChI=1S/C19H15F2N3O2S2/c1-27-13-5-2-11(3-6-13)16-10-28-19(23-16)24-17(25)9-22-18(26)12-4-7-14(20)15(21)8-12/h2-8,10H,9H2,1H3,(H,22,26)(H,23,24,25). The van der Waals surface area contributed by atoms with Gasteiger partial charge in [-0.25, -0.2) is 13.8 Å². The minimum Gasteiger partial charge on any atom is -0.343 e. The van der Waals surface area contributed by atoms with E-state index in [9.17, 15) is 18.4 Å². The van der Waals surface area contributed by atoms with Gasteiger partial charge in [0.2, 0.25) is 5.91 Å². The van der Waals surface area contributed by atoms with Gasteiger partial charge in [0, 0.05) is 21.4 Å². The predicted molar refractivity (Wildman–Crippen MR) is 107 cm³/mol. The molecule has 1 heterocycles. The van der Waals surface area contributed by atoms with Gasteiger partial charge in [-0.3, -0.25) is 9.59 Å². The zero-order chi connectivity index (χ0) is 20.1. The van der Waals surface area contributed by atoms with E-state index in [-0.39, 0.29) is 12.1 Å². The summed E-state index contributed by atoms with van der Waals surface area (Å²) in [7, 11) is 0. The van der Waals surface area contributed by atoms with Crippen LogP contribution in [0, 0.1) is 11.6 Å². The van der Waals surface area contributed by atoms with Crippen molar-refractivity contribution < 1.29 is 18.4 Å². The van der Waals surface area contributed by atoms with Gasteiger partial charge in [-0.05, 0) is 36.6 Å². The van der Waals surface area contributed by atoms with E-state index in [0.717, 1.165) is 34.4 Å². The normalized spacial score (nSPS) is 10.5. The van der Waals surface area contributed by atoms with Gasteiger partial charge in [-0.1, -0.05) is 12.1 Å². The lowest BCUT2D eigenvalue weighted by Gasteiger charge is -2.05. The van der Waals surface area contributed by atoms with Crippen molar-refractivity contribution in [1.29, 1.82) is 0 Å². The van der Waals surface area contributed by atoms with Gasteiger partial charge in [-0.15, -0.1) is 23.1 Å². The maximum Gasteiger partial charge on any atom is 0.251 e. The minimum absolute atomic E-state index is 0.0723. The molecule has 0 radical (unpaired) electrons. The maximum atomic E-state index is 13.2. The second kappa shape index (κ2) is 8.94. The van der Waals surface area contributed by atoms with Gasteiger partial charge >= 0.3 is 0 Å². The number of amides is 2. The zero-order valence-corrected chi connectivity index (χ0v) is 16.3. The van der Waals surface area contributed by atoms with Crippen LogP contribution in [-0.4, -0.2) is 29.6 Å². The Morgan fingerprint density at radius 3 is 2.54 bits per heavy atom. The van der Waals surface area contributed by atoms with Crippen molar-refractivity contribution in [2.45, 2.75) is 4.90 Å². The Bertz CT molecular complexity index is 1010. The number of nitrogens with one attached hydrogen (secondary N) is 2. The molecule has 2 amide bonds. The molecule has 1 aromatic heterocycles. The Balaban J connectivity index is 1.55. The van der Waals surface area contributed by atoms with Gasteiger partial charge in [-0.2, -0.15) is 0 Å². The minimum atomic E-state index is -1.13. The van der Waals surface area contributed by atoms with Crippen LogP contribution in [0.3, 0.4) is 0 Å². The lowest BCUT2D eigenvalue weighted by Crippen LogP contribution is -2.32. The van der Waals surface area contributed by atoms with Crippen molar-refractivity contribution in [1.82, 2.24) is 10.3 Å². The fraction of sp³-hybridized carbons (Fsp3) is 0.105. The van der Waals surface area contributed by atoms with Crippen LogP contribution in [0.5, 0.6) is 0 Å². The molecule has 2 aromatic carbocycles. The highest BCUT2D eigenvalue weighted by molar-refractivity contribution is 7.98. The summed E-state index contributed by atoms with van der Waals surface area (Å²) >= 11 is 2.91. The SMILES string of the molecule is CSc1ccc(-c2csc(NC(=O)CNC(=O)c3ccc(F)c(F)c3)n2)cc1. The fourth-order valence-corrected chi connectivity index (χ4v) is 3.43. The number of benzene rings is 2. The van der Waals surface area contributed by atoms with Crippen molar-refractivity contribution in [2.75, 3.05) is 18.1 Å². The van der Waals surface area contributed by atoms with Gasteiger partial charge in [0.25, 0.3) is 5.91 Å². The number of thioether (sulfide) groups is 1. The smallest absolute Gasteiger partial charge is 0.251 e. The first kappa shape index (κ1) is 20.0. The van der Waals surface area contributed by atoms with Gasteiger partial charge < -0.3 is 10.6 Å². The molecular weight excluding hydrogens is 404 g/mol. The van der Waals surface area contributed by atoms with Crippen molar-refractivity contribution in [3.8, 4) is 11.3 Å². The molecule has 0 saturated carbocycles. The molecule has 28 heavy (non-hydrogen) atoms. The molecule has 0 aliphatic carbocycles. The van der Waals surface area contributed by atoms with Crippen molar-refractivity contribution in [2.24, 2.45) is 0 Å². The predicted octanol–water partition coefficient (Wildman–Crippen LogP) is 4.18. The largest absolute Gasteiger partial charge is 0.343 e. The van der Waals surface area contributed by atoms with Crippen LogP contribution >= 0.6 is 23.1 Å². The summed E-state index contributed by atoms with van der Waals surface area (Å²) in [6.45, 7) is -0.324. The molecule has 0 spiro atoms. The Hall–Kier alpha value is -2.78. The van der Waals surface area contributed by atoms with E-state index in [4.69, 9.17) is 0 Å². The number of halogens is 2. The number of thiazole rings is 1. The van der Waals surface area contributed by atoms with E-state index in [1.54, 1.807) is 11.8 Å². The number of nitrogens with zero attached hydrogens (tertiary/aromatic N) is 1. The van der Waals surface area contributed by atoms with Crippen LogP contribution in [-0.2, 0) is 4.79 Å². The fourth-order valence-electron chi connectivity index (χ4n) is 2.29. The molecule has 144 valence electrons. The van der Waals surface area contributed by atoms with Crippen LogP contribution in [0.4, 0.5) is 13.9 Å². The first-order valence-electron chi connectivity index (χ1n) is 8.09. The monoisotopic (exact) mass is 419 g/mol.